The van der Waals surface area contributed by atoms with Gasteiger partial charge in [0.2, 0.25) is 0 Å². The second-order valence-electron chi connectivity index (χ2n) is 1.97. The first-order valence-electron chi connectivity index (χ1n) is 3.25. The molecule has 0 unspecified atom stereocenters. The van der Waals surface area contributed by atoms with Gasteiger partial charge in [-0.25, -0.2) is 4.98 Å². The van der Waals surface area contributed by atoms with Crippen LogP contribution in [-0.2, 0) is 29.1 Å². The zero-order valence-electron chi connectivity index (χ0n) is 8.21. The number of rotatable bonds is 0. The molecule has 4 nitrogen and oxygen atoms in total. The Morgan fingerprint density at radius 1 is 1.29 bits per heavy atom. The van der Waals surface area contributed by atoms with Crippen LogP contribution in [0.5, 0.6) is 0 Å². The molecule has 0 saturated heterocycles. The molecule has 1 rings (SSSR count). The van der Waals surface area contributed by atoms with Crippen molar-refractivity contribution in [2.24, 2.45) is 0 Å². The Hall–Kier alpha value is -1.09. The SMILES string of the molecule is C=C(C)C.[CH-]=O.[CH-]=O.[Ru+2].c1c[nH]cn1. The molecule has 0 bridgehead atoms. The second-order valence-corrected chi connectivity index (χ2v) is 1.97. The Labute approximate surface area is 97.6 Å². The van der Waals surface area contributed by atoms with Gasteiger partial charge < -0.3 is 14.6 Å². The quantitative estimate of drug-likeness (QED) is 0.339. The number of aromatic nitrogens is 2. The zero-order valence-corrected chi connectivity index (χ0v) is 9.95. The monoisotopic (exact) mass is 284 g/mol. The number of carbonyl (C=O) groups excluding carboxylic acids is 2. The van der Waals surface area contributed by atoms with Crippen LogP contribution >= 0.6 is 0 Å². The summed E-state index contributed by atoms with van der Waals surface area (Å²) in [4.78, 5) is 21.9. The van der Waals surface area contributed by atoms with E-state index < -0.39 is 0 Å². The van der Waals surface area contributed by atoms with Crippen LogP contribution in [0.25, 0.3) is 0 Å². The molecule has 1 heterocycles. The Kier molecular flexibility index (Phi) is 48.9. The first-order chi connectivity index (χ1) is 6.23. The molecule has 80 valence electrons. The van der Waals surface area contributed by atoms with Gasteiger partial charge in [-0.15, -0.1) is 6.58 Å². The van der Waals surface area contributed by atoms with Crippen molar-refractivity contribution in [1.29, 1.82) is 0 Å². The predicted octanol–water partition coefficient (Wildman–Crippen LogP) is 1.44. The van der Waals surface area contributed by atoms with Crippen molar-refractivity contribution in [2.75, 3.05) is 0 Å². The third kappa shape index (κ3) is 70.0. The van der Waals surface area contributed by atoms with E-state index >= 15 is 0 Å². The molecular formula is C9H14N2O2Ru. The minimum atomic E-state index is 0. The summed E-state index contributed by atoms with van der Waals surface area (Å²) in [7, 11) is 0. The van der Waals surface area contributed by atoms with Crippen molar-refractivity contribution in [3.05, 3.63) is 30.9 Å². The van der Waals surface area contributed by atoms with Gasteiger partial charge in [0.1, 0.15) is 0 Å². The zero-order chi connectivity index (χ0) is 11.1. The average Bonchev–Trinajstić information content (AvgIpc) is 2.67. The van der Waals surface area contributed by atoms with E-state index in [1.807, 2.05) is 13.8 Å². The summed E-state index contributed by atoms with van der Waals surface area (Å²) in [6.45, 7) is 14.0. The maximum atomic E-state index is 7.75. The minimum absolute atomic E-state index is 0. The van der Waals surface area contributed by atoms with Crippen molar-refractivity contribution in [1.82, 2.24) is 9.97 Å². The molecule has 0 aliphatic carbocycles. The molecule has 14 heavy (non-hydrogen) atoms. The third-order valence-corrected chi connectivity index (χ3v) is 0.406. The van der Waals surface area contributed by atoms with Crippen LogP contribution in [0, 0.1) is 0 Å². The maximum absolute atomic E-state index is 7.75. The smallest absolute Gasteiger partial charge is 0.545 e. The van der Waals surface area contributed by atoms with E-state index in [0.717, 1.165) is 0 Å². The second kappa shape index (κ2) is 29.7. The van der Waals surface area contributed by atoms with Crippen molar-refractivity contribution >= 4 is 13.6 Å². The Morgan fingerprint density at radius 3 is 1.71 bits per heavy atom. The number of imidazole rings is 1. The molecule has 0 aliphatic rings. The van der Waals surface area contributed by atoms with Crippen LogP contribution < -0.4 is 0 Å². The van der Waals surface area contributed by atoms with Gasteiger partial charge in [0.15, 0.2) is 0 Å². The largest absolute Gasteiger partial charge is 2.00 e. The number of hydrogen-bond acceptors (Lipinski definition) is 3. The molecule has 0 atom stereocenters. The molecule has 0 fully saturated rings. The maximum Gasteiger partial charge on any atom is 2.00 e. The van der Waals surface area contributed by atoms with Gasteiger partial charge in [-0.3, -0.25) is 13.6 Å². The van der Waals surface area contributed by atoms with Crippen molar-refractivity contribution in [3.8, 4) is 0 Å². The van der Waals surface area contributed by atoms with E-state index in [9.17, 15) is 0 Å². The normalized spacial score (nSPS) is 5.29. The van der Waals surface area contributed by atoms with E-state index in [1.165, 1.54) is 5.57 Å². The molecule has 0 aliphatic heterocycles. The van der Waals surface area contributed by atoms with Crippen LogP contribution in [0.3, 0.4) is 0 Å². The Balaban J connectivity index is -0.0000000511. The summed E-state index contributed by atoms with van der Waals surface area (Å²) in [5, 5.41) is 0. The summed E-state index contributed by atoms with van der Waals surface area (Å²) in [6, 6.07) is 0. The standard InChI is InChI=1S/C4H8.C3H4N2.2CHO.Ru/c1-4(2)3;1-2-5-3-4-1;2*1-2;/h1H2,2-3H3;1-3H,(H,4,5);2*1H;/q;;2*-1;+2. The average molecular weight is 283 g/mol. The number of H-pyrrole nitrogens is 1. The van der Waals surface area contributed by atoms with Crippen LogP contribution in [0.4, 0.5) is 0 Å². The summed E-state index contributed by atoms with van der Waals surface area (Å²) in [5.41, 5.74) is 1.17. The van der Waals surface area contributed by atoms with Crippen LogP contribution in [-0.4, -0.2) is 23.5 Å². The first kappa shape index (κ1) is 23.1. The number of nitrogens with zero attached hydrogens (tertiary/aromatic N) is 1. The molecule has 0 aromatic carbocycles. The van der Waals surface area contributed by atoms with E-state index in [2.05, 4.69) is 30.1 Å². The van der Waals surface area contributed by atoms with Gasteiger partial charge in [0, 0.05) is 12.4 Å². The molecule has 0 amide bonds. The minimum Gasteiger partial charge on any atom is -0.545 e. The number of hydrogen-bond donors (Lipinski definition) is 1. The number of allylic oxidation sites excluding steroid dienone is 1. The van der Waals surface area contributed by atoms with Crippen molar-refractivity contribution in [3.63, 3.8) is 0 Å². The van der Waals surface area contributed by atoms with Gasteiger partial charge in [-0.05, 0) is 13.8 Å². The van der Waals surface area contributed by atoms with Gasteiger partial charge >= 0.3 is 19.5 Å². The molecule has 1 aromatic rings. The Morgan fingerprint density at radius 2 is 1.64 bits per heavy atom. The number of nitrogens with one attached hydrogen (secondary N) is 1. The molecule has 1 aromatic heterocycles. The summed E-state index contributed by atoms with van der Waals surface area (Å²) < 4.78 is 0. The molecule has 0 saturated carbocycles. The van der Waals surface area contributed by atoms with E-state index in [0.29, 0.717) is 0 Å². The molecular weight excluding hydrogens is 269 g/mol. The van der Waals surface area contributed by atoms with Crippen LogP contribution in [0.1, 0.15) is 13.8 Å². The summed E-state index contributed by atoms with van der Waals surface area (Å²) >= 11 is 0. The fourth-order valence-electron chi connectivity index (χ4n) is 0.215. The first-order valence-corrected chi connectivity index (χ1v) is 3.25. The molecule has 5 heteroatoms. The summed E-state index contributed by atoms with van der Waals surface area (Å²) in [5.74, 6) is 0. The molecule has 1 N–H and O–H groups in total. The van der Waals surface area contributed by atoms with Crippen LogP contribution in [0.15, 0.2) is 30.9 Å². The third-order valence-electron chi connectivity index (χ3n) is 0.406. The van der Waals surface area contributed by atoms with Gasteiger partial charge in [0.05, 0.1) is 6.33 Å². The van der Waals surface area contributed by atoms with Gasteiger partial charge in [0.25, 0.3) is 0 Å². The fourth-order valence-corrected chi connectivity index (χ4v) is 0.215. The predicted molar refractivity (Wildman–Crippen MR) is 52.6 cm³/mol. The molecule has 0 spiro atoms. The van der Waals surface area contributed by atoms with Crippen LogP contribution in [0.2, 0.25) is 0 Å². The molecule has 0 radical (unpaired) electrons. The Bertz CT molecular complexity index is 156. The van der Waals surface area contributed by atoms with Crippen molar-refractivity contribution in [2.45, 2.75) is 13.8 Å². The topological polar surface area (TPSA) is 62.8 Å². The van der Waals surface area contributed by atoms with E-state index in [4.69, 9.17) is 9.59 Å². The van der Waals surface area contributed by atoms with Crippen molar-refractivity contribution < 1.29 is 29.1 Å². The summed E-state index contributed by atoms with van der Waals surface area (Å²) in [6.07, 6.45) is 5.08. The van der Waals surface area contributed by atoms with E-state index in [1.54, 1.807) is 18.7 Å². The van der Waals surface area contributed by atoms with E-state index in [-0.39, 0.29) is 19.5 Å². The fraction of sp³-hybridized carbons (Fsp3) is 0.222. The van der Waals surface area contributed by atoms with Gasteiger partial charge in [-0.2, -0.15) is 0 Å². The van der Waals surface area contributed by atoms with Gasteiger partial charge in [-0.1, -0.05) is 5.57 Å². The number of aromatic amines is 1.